The van der Waals surface area contributed by atoms with Crippen molar-refractivity contribution in [3.8, 4) is 10.7 Å². The van der Waals surface area contributed by atoms with Crippen LogP contribution in [-0.2, 0) is 11.2 Å². The lowest BCUT2D eigenvalue weighted by atomic mass is 10.1. The molecule has 2 aromatic rings. The van der Waals surface area contributed by atoms with Crippen LogP contribution in [-0.4, -0.2) is 46.1 Å². The summed E-state index contributed by atoms with van der Waals surface area (Å²) in [5, 5.41) is 9.56. The summed E-state index contributed by atoms with van der Waals surface area (Å²) >= 11 is 1.58. The van der Waals surface area contributed by atoms with E-state index in [-0.39, 0.29) is 18.3 Å². The molecule has 4 rings (SSSR count). The van der Waals surface area contributed by atoms with Gasteiger partial charge in [-0.1, -0.05) is 11.2 Å². The first kappa shape index (κ1) is 17.4. The maximum atomic E-state index is 12.4. The van der Waals surface area contributed by atoms with Gasteiger partial charge in [0.25, 0.3) is 0 Å². The second-order valence-corrected chi connectivity index (χ2v) is 7.20. The lowest BCUT2D eigenvalue weighted by molar-refractivity contribution is -0.131. The highest BCUT2D eigenvalue weighted by Crippen LogP contribution is 2.23. The number of carbonyl (C=O) groups excluding carboxylic acids is 1. The van der Waals surface area contributed by atoms with Gasteiger partial charge in [0.2, 0.25) is 17.6 Å². The monoisotopic (exact) mass is 368 g/mol. The molecule has 0 aromatic carbocycles. The molecule has 2 aliphatic heterocycles. The average molecular weight is 369 g/mol. The molecular formula is C16H21ClN4O2S. The maximum absolute atomic E-state index is 12.4. The third-order valence-electron chi connectivity index (χ3n) is 4.64. The number of hydrogen-bond donors (Lipinski definition) is 1. The van der Waals surface area contributed by atoms with Crippen molar-refractivity contribution in [2.45, 2.75) is 44.2 Å². The summed E-state index contributed by atoms with van der Waals surface area (Å²) in [5.41, 5.74) is 0. The van der Waals surface area contributed by atoms with Gasteiger partial charge in [-0.2, -0.15) is 4.98 Å². The molecule has 24 heavy (non-hydrogen) atoms. The predicted molar refractivity (Wildman–Crippen MR) is 94.3 cm³/mol. The molecule has 2 bridgehead atoms. The number of carbonyl (C=O) groups is 1. The van der Waals surface area contributed by atoms with E-state index in [1.807, 2.05) is 22.4 Å². The number of halogens is 1. The van der Waals surface area contributed by atoms with E-state index in [1.165, 1.54) is 12.8 Å². The van der Waals surface area contributed by atoms with E-state index < -0.39 is 0 Å². The number of nitrogens with one attached hydrogen (secondary N) is 1. The van der Waals surface area contributed by atoms with Gasteiger partial charge in [0, 0.05) is 38.0 Å². The number of rotatable bonds is 4. The Bertz CT molecular complexity index is 675. The average Bonchev–Trinajstić information content (AvgIpc) is 3.25. The van der Waals surface area contributed by atoms with Gasteiger partial charge in [-0.25, -0.2) is 0 Å². The van der Waals surface area contributed by atoms with Crippen molar-refractivity contribution in [2.75, 3.05) is 13.1 Å². The number of fused-ring (bicyclic) bond motifs is 2. The number of likely N-dealkylation sites (tertiary alicyclic amines) is 1. The van der Waals surface area contributed by atoms with Gasteiger partial charge >= 0.3 is 0 Å². The van der Waals surface area contributed by atoms with Gasteiger partial charge in [0.05, 0.1) is 4.88 Å². The third-order valence-corrected chi connectivity index (χ3v) is 5.50. The van der Waals surface area contributed by atoms with E-state index in [4.69, 9.17) is 4.52 Å². The molecule has 2 saturated heterocycles. The fourth-order valence-corrected chi connectivity index (χ4v) is 4.05. The lowest BCUT2D eigenvalue weighted by Gasteiger charge is -2.24. The van der Waals surface area contributed by atoms with Crippen molar-refractivity contribution in [1.29, 1.82) is 0 Å². The first-order valence-electron chi connectivity index (χ1n) is 8.18. The first-order valence-corrected chi connectivity index (χ1v) is 9.06. The van der Waals surface area contributed by atoms with Crippen LogP contribution in [0.5, 0.6) is 0 Å². The molecular weight excluding hydrogens is 348 g/mol. The van der Waals surface area contributed by atoms with E-state index in [1.54, 1.807) is 11.3 Å². The van der Waals surface area contributed by atoms with Crippen LogP contribution < -0.4 is 5.32 Å². The van der Waals surface area contributed by atoms with Crippen molar-refractivity contribution in [3.05, 3.63) is 23.4 Å². The molecule has 0 radical (unpaired) electrons. The molecule has 0 spiro atoms. The van der Waals surface area contributed by atoms with Crippen molar-refractivity contribution in [3.63, 3.8) is 0 Å². The Balaban J connectivity index is 0.00000169. The summed E-state index contributed by atoms with van der Waals surface area (Å²) in [4.78, 5) is 19.8. The lowest BCUT2D eigenvalue weighted by Crippen LogP contribution is -2.39. The maximum Gasteiger partial charge on any atom is 0.227 e. The van der Waals surface area contributed by atoms with Crippen LogP contribution in [0.2, 0.25) is 0 Å². The molecule has 4 heterocycles. The fourth-order valence-electron chi connectivity index (χ4n) is 3.40. The number of aryl methyl sites for hydroxylation is 1. The molecule has 2 unspecified atom stereocenters. The summed E-state index contributed by atoms with van der Waals surface area (Å²) < 4.78 is 5.26. The predicted octanol–water partition coefficient (Wildman–Crippen LogP) is 2.51. The number of thiophene rings is 1. The van der Waals surface area contributed by atoms with Crippen molar-refractivity contribution in [2.24, 2.45) is 0 Å². The van der Waals surface area contributed by atoms with Crippen molar-refractivity contribution < 1.29 is 9.32 Å². The number of nitrogens with zero attached hydrogens (tertiary/aromatic N) is 3. The van der Waals surface area contributed by atoms with E-state index in [0.717, 1.165) is 24.4 Å². The second kappa shape index (κ2) is 7.63. The highest BCUT2D eigenvalue weighted by atomic mass is 35.5. The Morgan fingerprint density at radius 2 is 2.25 bits per heavy atom. The van der Waals surface area contributed by atoms with E-state index in [9.17, 15) is 4.79 Å². The number of hydrogen-bond acceptors (Lipinski definition) is 6. The van der Waals surface area contributed by atoms with Gasteiger partial charge in [-0.15, -0.1) is 23.7 Å². The zero-order valence-corrected chi connectivity index (χ0v) is 14.9. The van der Waals surface area contributed by atoms with Crippen LogP contribution in [0, 0.1) is 0 Å². The minimum Gasteiger partial charge on any atom is -0.341 e. The quantitative estimate of drug-likeness (QED) is 0.897. The normalized spacial score (nSPS) is 22.9. The second-order valence-electron chi connectivity index (χ2n) is 6.26. The molecule has 6 nitrogen and oxygen atoms in total. The van der Waals surface area contributed by atoms with Gasteiger partial charge in [0.15, 0.2) is 0 Å². The summed E-state index contributed by atoms with van der Waals surface area (Å²) in [6.07, 6.45) is 4.44. The zero-order valence-electron chi connectivity index (χ0n) is 13.3. The summed E-state index contributed by atoms with van der Waals surface area (Å²) in [6, 6.07) is 4.99. The Kier molecular flexibility index (Phi) is 5.53. The minimum absolute atomic E-state index is 0. The largest absolute Gasteiger partial charge is 0.341 e. The number of aromatic nitrogens is 2. The van der Waals surface area contributed by atoms with Gasteiger partial charge in [-0.05, 0) is 30.7 Å². The topological polar surface area (TPSA) is 71.3 Å². The van der Waals surface area contributed by atoms with Gasteiger partial charge < -0.3 is 14.7 Å². The molecule has 2 aromatic heterocycles. The minimum atomic E-state index is 0. The molecule has 2 aliphatic rings. The molecule has 130 valence electrons. The zero-order chi connectivity index (χ0) is 15.6. The van der Waals surface area contributed by atoms with Gasteiger partial charge in [0.1, 0.15) is 0 Å². The highest BCUT2D eigenvalue weighted by Gasteiger charge is 2.31. The van der Waals surface area contributed by atoms with Crippen molar-refractivity contribution >= 4 is 29.7 Å². The van der Waals surface area contributed by atoms with Crippen LogP contribution in [0.15, 0.2) is 22.0 Å². The molecule has 8 heteroatoms. The summed E-state index contributed by atoms with van der Waals surface area (Å²) in [6.45, 7) is 1.69. The smallest absolute Gasteiger partial charge is 0.227 e. The van der Waals surface area contributed by atoms with Crippen LogP contribution >= 0.6 is 23.7 Å². The molecule has 0 aliphatic carbocycles. The van der Waals surface area contributed by atoms with Crippen molar-refractivity contribution in [1.82, 2.24) is 20.4 Å². The van der Waals surface area contributed by atoms with Crippen LogP contribution in [0.3, 0.4) is 0 Å². The third kappa shape index (κ3) is 3.79. The summed E-state index contributed by atoms with van der Waals surface area (Å²) in [7, 11) is 0. The Labute approximate surface area is 151 Å². The first-order chi connectivity index (χ1) is 11.3. The molecule has 0 saturated carbocycles. The fraction of sp³-hybridized carbons (Fsp3) is 0.562. The molecule has 1 amide bonds. The van der Waals surface area contributed by atoms with Crippen LogP contribution in [0.4, 0.5) is 0 Å². The van der Waals surface area contributed by atoms with Crippen LogP contribution in [0.25, 0.3) is 10.7 Å². The Morgan fingerprint density at radius 1 is 1.38 bits per heavy atom. The molecule has 1 N–H and O–H groups in total. The molecule has 2 fully saturated rings. The van der Waals surface area contributed by atoms with Crippen LogP contribution in [0.1, 0.15) is 31.6 Å². The summed E-state index contributed by atoms with van der Waals surface area (Å²) in [5.74, 6) is 1.34. The van der Waals surface area contributed by atoms with Gasteiger partial charge in [-0.3, -0.25) is 4.79 Å². The SMILES string of the molecule is Cl.O=C(CCc1nc(-c2cccs2)no1)N1CCC2CCC(C1)N2. The van der Waals surface area contributed by atoms with E-state index in [0.29, 0.717) is 36.6 Å². The Hall–Kier alpha value is -1.44. The Morgan fingerprint density at radius 3 is 3.08 bits per heavy atom. The van der Waals surface area contributed by atoms with E-state index >= 15 is 0 Å². The van der Waals surface area contributed by atoms with E-state index in [2.05, 4.69) is 15.5 Å². The molecule has 2 atom stereocenters. The number of amides is 1. The standard InChI is InChI=1S/C16H20N4O2S.ClH/c21-15(20-8-7-11-3-4-12(10-20)17-11)6-5-14-18-16(19-22-14)13-2-1-9-23-13;/h1-2,9,11-12,17H,3-8,10H2;1H. The highest BCUT2D eigenvalue weighted by molar-refractivity contribution is 7.13.